The van der Waals surface area contributed by atoms with E-state index in [0.717, 1.165) is 19.6 Å². The molecule has 4 aromatic heterocycles. The number of amides is 4. The Morgan fingerprint density at radius 1 is 0.740 bits per heavy atom. The lowest BCUT2D eigenvalue weighted by Crippen LogP contribution is -2.59. The molecule has 0 spiro atoms. The number of benzene rings is 2. The van der Waals surface area contributed by atoms with Crippen molar-refractivity contribution in [3.05, 3.63) is 82.5 Å². The number of methoxy groups -OCH3 is 1. The van der Waals surface area contributed by atoms with Crippen LogP contribution < -0.4 is 31.6 Å². The summed E-state index contributed by atoms with van der Waals surface area (Å²) in [6.45, 7) is 11.8. The van der Waals surface area contributed by atoms with Gasteiger partial charge in [-0.2, -0.15) is 10.2 Å². The fraction of sp³-hybridized carbons (Fsp3) is 0.490. The summed E-state index contributed by atoms with van der Waals surface area (Å²) in [6, 6.07) is 9.41. The summed E-state index contributed by atoms with van der Waals surface area (Å²) < 4.78 is 41.6. The van der Waals surface area contributed by atoms with Crippen LogP contribution in [0.25, 0.3) is 22.1 Å². The third-order valence-electron chi connectivity index (χ3n) is 13.1. The normalized spacial score (nSPS) is 19.1. The molecule has 6 heterocycles. The van der Waals surface area contributed by atoms with E-state index in [1.54, 1.807) is 56.6 Å². The number of aliphatic hydroxyl groups is 3. The summed E-state index contributed by atoms with van der Waals surface area (Å²) in [4.78, 5) is 65.3. The lowest BCUT2D eigenvalue weighted by molar-refractivity contribution is -0.303. The maximum absolute atomic E-state index is 14.0. The SMILES string of the molecule is CCn1nc(C)cc1C(=O)Nc1nc2cc(C(N)=O)cc(OCCCOC3[C@@H](OC)O[C@H](CO)[C@@H](O)[C@@H]3O)c2n1C/C=C/Cn1c(NC(=O)c2cc(C)nn2CC)nc2cc(C(N)=O)cc(OCCCN3CCOCC3)c21. The summed E-state index contributed by atoms with van der Waals surface area (Å²) in [5, 5.41) is 45.6. The number of imidazole rings is 2. The zero-order chi connectivity index (χ0) is 54.9. The standard InChI is InChI=1S/C51H67N13O13/c1-6-63-35(22-29(3)58-63)47(70)56-50-54-33-24-31(45(52)68)26-37(74-17-10-12-60-15-20-73-21-16-60)40(33)61(50)13-8-9-14-62-41-34(55-51(62)57-48(71)36-23-30(4)59-64(36)7-2)25-32(46(53)69)27-38(41)75-18-11-19-76-44-43(67)42(66)39(28-65)77-49(44)72-5/h8-9,22-27,39,42-44,49,65-67H,6-7,10-21,28H2,1-5H3,(H2,52,68)(H2,53,69)(H,54,56,70)(H,55,57,71)/b9-8+/t39-,42-,43+,44?,49+/m1/s1. The van der Waals surface area contributed by atoms with Crippen LogP contribution in [-0.4, -0.2) is 180 Å². The van der Waals surface area contributed by atoms with Gasteiger partial charge >= 0.3 is 0 Å². The minimum atomic E-state index is -1.43. The maximum Gasteiger partial charge on any atom is 0.276 e. The van der Waals surface area contributed by atoms with Crippen molar-refractivity contribution in [3.8, 4) is 11.5 Å². The number of hydrogen-bond donors (Lipinski definition) is 7. The number of allylic oxidation sites excluding steroid dienone is 2. The van der Waals surface area contributed by atoms with Gasteiger partial charge < -0.3 is 64.3 Å². The van der Waals surface area contributed by atoms with Crippen molar-refractivity contribution in [2.24, 2.45) is 11.5 Å². The van der Waals surface area contributed by atoms with Gasteiger partial charge in [0.1, 0.15) is 58.3 Å². The second kappa shape index (κ2) is 25.2. The van der Waals surface area contributed by atoms with Gasteiger partial charge in [0.2, 0.25) is 23.7 Å². The van der Waals surface area contributed by atoms with Crippen molar-refractivity contribution < 1.29 is 62.9 Å². The van der Waals surface area contributed by atoms with Gasteiger partial charge in [0.25, 0.3) is 11.8 Å². The van der Waals surface area contributed by atoms with E-state index in [-0.39, 0.29) is 72.7 Å². The summed E-state index contributed by atoms with van der Waals surface area (Å²) in [6.07, 6.45) is -1.55. The van der Waals surface area contributed by atoms with Gasteiger partial charge in [0.05, 0.1) is 62.1 Å². The third-order valence-corrected chi connectivity index (χ3v) is 13.1. The lowest BCUT2D eigenvalue weighted by Gasteiger charge is -2.41. The number of nitrogens with zero attached hydrogens (tertiary/aromatic N) is 9. The van der Waals surface area contributed by atoms with E-state index in [0.29, 0.717) is 78.7 Å². The van der Waals surface area contributed by atoms with Crippen LogP contribution in [0.15, 0.2) is 48.6 Å². The molecule has 0 aliphatic carbocycles. The summed E-state index contributed by atoms with van der Waals surface area (Å²) in [7, 11) is 1.35. The highest BCUT2D eigenvalue weighted by Gasteiger charge is 2.45. The quantitative estimate of drug-likeness (QED) is 0.0317. The predicted molar refractivity (Wildman–Crippen MR) is 279 cm³/mol. The van der Waals surface area contributed by atoms with Crippen LogP contribution in [0.5, 0.6) is 11.5 Å². The van der Waals surface area contributed by atoms with Crippen LogP contribution in [0.1, 0.15) is 79.8 Å². The zero-order valence-corrected chi connectivity index (χ0v) is 43.7. The second-order valence-electron chi connectivity index (χ2n) is 18.5. The lowest BCUT2D eigenvalue weighted by atomic mass is 9.99. The number of carbonyl (C=O) groups excluding carboxylic acids is 4. The Balaban J connectivity index is 1.12. The van der Waals surface area contributed by atoms with Gasteiger partial charge in [-0.3, -0.25) is 44.1 Å². The molecular weight excluding hydrogens is 1000 g/mol. The first-order valence-electron chi connectivity index (χ1n) is 25.5. The zero-order valence-electron chi connectivity index (χ0n) is 43.7. The van der Waals surface area contributed by atoms with Gasteiger partial charge in [-0.25, -0.2) is 9.97 Å². The van der Waals surface area contributed by atoms with Crippen molar-refractivity contribution in [2.45, 2.75) is 97.4 Å². The Morgan fingerprint density at radius 2 is 1.25 bits per heavy atom. The molecule has 77 heavy (non-hydrogen) atoms. The van der Waals surface area contributed by atoms with Gasteiger partial charge in [0.15, 0.2) is 6.29 Å². The van der Waals surface area contributed by atoms with Crippen molar-refractivity contribution >= 4 is 57.6 Å². The molecule has 2 aromatic carbocycles. The molecular formula is C51H67N13O13. The number of nitrogens with one attached hydrogen (secondary N) is 2. The van der Waals surface area contributed by atoms with Crippen LogP contribution in [0.4, 0.5) is 11.9 Å². The highest BCUT2D eigenvalue weighted by atomic mass is 16.7. The smallest absolute Gasteiger partial charge is 0.276 e. The van der Waals surface area contributed by atoms with Crippen molar-refractivity contribution in [1.29, 1.82) is 0 Å². The molecule has 0 saturated carbocycles. The first-order chi connectivity index (χ1) is 37.1. The highest BCUT2D eigenvalue weighted by molar-refractivity contribution is 6.05. The topological polar surface area (TPSA) is 335 Å². The molecule has 2 aliphatic heterocycles. The molecule has 2 aliphatic rings. The van der Waals surface area contributed by atoms with Gasteiger partial charge in [0, 0.05) is 70.5 Å². The molecule has 26 nitrogen and oxygen atoms in total. The van der Waals surface area contributed by atoms with E-state index >= 15 is 0 Å². The summed E-state index contributed by atoms with van der Waals surface area (Å²) in [5.41, 5.74) is 15.2. The molecule has 0 radical (unpaired) electrons. The number of nitrogens with two attached hydrogens (primary N) is 2. The minimum absolute atomic E-state index is 0.00618. The first kappa shape index (κ1) is 55.9. The number of carbonyl (C=O) groups is 4. The predicted octanol–water partition coefficient (Wildman–Crippen LogP) is 1.74. The van der Waals surface area contributed by atoms with Crippen molar-refractivity contribution in [3.63, 3.8) is 0 Å². The molecule has 414 valence electrons. The minimum Gasteiger partial charge on any atom is -0.491 e. The Hall–Kier alpha value is -7.30. The molecule has 9 N–H and O–H groups in total. The van der Waals surface area contributed by atoms with Gasteiger partial charge in [-0.1, -0.05) is 12.2 Å². The summed E-state index contributed by atoms with van der Waals surface area (Å²) >= 11 is 0. The Morgan fingerprint density at radius 3 is 1.71 bits per heavy atom. The molecule has 4 amide bonds. The van der Waals surface area contributed by atoms with E-state index in [2.05, 4.69) is 25.7 Å². The number of hydrogen-bond acceptors (Lipinski definition) is 18. The van der Waals surface area contributed by atoms with E-state index in [1.165, 1.54) is 19.2 Å². The third kappa shape index (κ3) is 12.8. The monoisotopic (exact) mass is 1070 g/mol. The highest BCUT2D eigenvalue weighted by Crippen LogP contribution is 2.34. The number of fused-ring (bicyclic) bond motifs is 2. The number of aliphatic hydroxyl groups excluding tert-OH is 3. The van der Waals surface area contributed by atoms with Crippen LogP contribution in [0.3, 0.4) is 0 Å². The molecule has 2 saturated heterocycles. The number of anilines is 2. The molecule has 26 heteroatoms. The van der Waals surface area contributed by atoms with Gasteiger partial charge in [-0.05, 0) is 70.5 Å². The number of aryl methyl sites for hydroxylation is 4. The van der Waals surface area contributed by atoms with Gasteiger partial charge in [-0.15, -0.1) is 0 Å². The number of aromatic nitrogens is 8. The summed E-state index contributed by atoms with van der Waals surface area (Å²) in [5.74, 6) is -1.66. The molecule has 6 aromatic rings. The average molecular weight is 1070 g/mol. The molecule has 5 atom stereocenters. The molecule has 1 unspecified atom stereocenters. The van der Waals surface area contributed by atoms with E-state index < -0.39 is 60.9 Å². The largest absolute Gasteiger partial charge is 0.491 e. The van der Waals surface area contributed by atoms with Crippen molar-refractivity contribution in [1.82, 2.24) is 43.6 Å². The number of ether oxygens (including phenoxy) is 6. The van der Waals surface area contributed by atoms with E-state index in [1.807, 2.05) is 26.0 Å². The van der Waals surface area contributed by atoms with Crippen LogP contribution in [0.2, 0.25) is 0 Å². The molecule has 2 fully saturated rings. The number of rotatable bonds is 25. The Kier molecular flexibility index (Phi) is 18.3. The fourth-order valence-electron chi connectivity index (χ4n) is 9.32. The Bertz CT molecular complexity index is 3100. The maximum atomic E-state index is 14.0. The molecule has 8 rings (SSSR count). The Labute approximate surface area is 442 Å². The average Bonchev–Trinajstić information content (AvgIpc) is 4.21. The number of primary amides is 2. The van der Waals surface area contributed by atoms with Crippen molar-refractivity contribution in [2.75, 3.05) is 77.0 Å². The van der Waals surface area contributed by atoms with E-state index in [9.17, 15) is 34.5 Å². The molecule has 0 bridgehead atoms. The fourth-order valence-corrected chi connectivity index (χ4v) is 9.32. The second-order valence-corrected chi connectivity index (χ2v) is 18.5. The number of morpholine rings is 1. The van der Waals surface area contributed by atoms with Crippen LogP contribution in [-0.2, 0) is 45.1 Å². The van der Waals surface area contributed by atoms with Crippen LogP contribution >= 0.6 is 0 Å². The van der Waals surface area contributed by atoms with E-state index in [4.69, 9.17) is 49.9 Å². The first-order valence-corrected chi connectivity index (χ1v) is 25.5. The van der Waals surface area contributed by atoms with Crippen LogP contribution in [0, 0.1) is 13.8 Å².